The second-order valence-electron chi connectivity index (χ2n) is 1.43. The highest BCUT2D eigenvalue weighted by atomic mass is 32.2. The third kappa shape index (κ3) is 15.7. The van der Waals surface area contributed by atoms with Gasteiger partial charge in [0.05, 0.1) is 0 Å². The van der Waals surface area contributed by atoms with Crippen molar-refractivity contribution in [2.24, 2.45) is 0 Å². The average Bonchev–Trinajstić information content (AvgIpc) is 1.64. The Labute approximate surface area is 58.8 Å². The Bertz CT molecular complexity index is 192. The molecule has 0 saturated heterocycles. The first-order valence-corrected chi connectivity index (χ1v) is 3.76. The fourth-order valence-corrected chi connectivity index (χ4v) is 0.771. The lowest BCUT2D eigenvalue weighted by Gasteiger charge is -1.86. The summed E-state index contributed by atoms with van der Waals surface area (Å²) in [6.07, 6.45) is 0. The molecule has 0 fully saturated rings. The highest BCUT2D eigenvalue weighted by Gasteiger charge is 2.06. The van der Waals surface area contributed by atoms with Gasteiger partial charge in [-0.1, -0.05) is 0 Å². The fourth-order valence-electron chi connectivity index (χ4n) is 0.257. The zero-order chi connectivity index (χ0) is 8.78. The van der Waals surface area contributed by atoms with E-state index in [2.05, 4.69) is 0 Å². The maximum absolute atomic E-state index is 9.92. The molecule has 0 aliphatic heterocycles. The smallest absolute Gasteiger partial charge is 0.272 e. The van der Waals surface area contributed by atoms with E-state index in [9.17, 15) is 13.2 Å². The van der Waals surface area contributed by atoms with Gasteiger partial charge in [0, 0.05) is 0 Å². The predicted molar refractivity (Wildman–Crippen MR) is 34.2 cm³/mol. The van der Waals surface area contributed by atoms with Gasteiger partial charge < -0.3 is 4.79 Å². The Balaban J connectivity index is 0. The molecule has 5 nitrogen and oxygen atoms in total. The van der Waals surface area contributed by atoms with Crippen LogP contribution in [0.1, 0.15) is 6.92 Å². The van der Waals surface area contributed by atoms with E-state index in [-0.39, 0.29) is 0 Å². The van der Waals surface area contributed by atoms with Crippen LogP contribution in [0.15, 0.2) is 0 Å². The minimum absolute atomic E-state index is 0.562. The number of hydrogen-bond acceptors (Lipinski definition) is 4. The van der Waals surface area contributed by atoms with Crippen molar-refractivity contribution < 1.29 is 22.6 Å². The van der Waals surface area contributed by atoms with Crippen molar-refractivity contribution in [3.63, 3.8) is 0 Å². The van der Waals surface area contributed by atoms with E-state index in [1.165, 1.54) is 0 Å². The molecule has 0 atom stereocenters. The summed E-state index contributed by atoms with van der Waals surface area (Å²) in [5.41, 5.74) is 0. The summed E-state index contributed by atoms with van der Waals surface area (Å²) in [5.74, 6) is -1.35. The average molecular weight is 168 g/mol. The lowest BCUT2D eigenvalue weighted by molar-refractivity contribution is -0.114. The second-order valence-corrected chi connectivity index (χ2v) is 2.88. The summed E-state index contributed by atoms with van der Waals surface area (Å²) in [4.78, 5) is 17.9. The molecule has 6 heteroatoms. The molecule has 0 bridgehead atoms. The molecule has 1 N–H and O–H groups in total. The van der Waals surface area contributed by atoms with Crippen molar-refractivity contribution in [3.05, 3.63) is 0 Å². The monoisotopic (exact) mass is 168 g/mol. The zero-order valence-corrected chi connectivity index (χ0v) is 6.22. The van der Waals surface area contributed by atoms with Crippen molar-refractivity contribution in [1.29, 1.82) is 0 Å². The highest BCUT2D eigenvalue weighted by molar-refractivity contribution is 7.86. The molecule has 0 radical (unpaired) electrons. The molecular weight excluding hydrogens is 160 g/mol. The molecule has 0 amide bonds. The standard InChI is InChI=1S/C3H6O4S.CH2O/c1-3(4)2-8(5,6)7;1-2/h2H2,1H3,(H,5,6,7);1H2. The van der Waals surface area contributed by atoms with Gasteiger partial charge in [0.25, 0.3) is 10.1 Å². The lowest BCUT2D eigenvalue weighted by Crippen LogP contribution is -2.10. The molecule has 0 aromatic rings. The molecule has 0 unspecified atom stereocenters. The third-order valence-electron chi connectivity index (χ3n) is 0.386. The normalized spacial score (nSPS) is 9.40. The molecule has 60 valence electrons. The maximum atomic E-state index is 9.92. The van der Waals surface area contributed by atoms with E-state index in [0.717, 1.165) is 6.92 Å². The van der Waals surface area contributed by atoms with Crippen molar-refractivity contribution in [1.82, 2.24) is 0 Å². The van der Waals surface area contributed by atoms with Crippen LogP contribution in [-0.4, -0.2) is 31.3 Å². The Kier molecular flexibility index (Phi) is 6.07. The van der Waals surface area contributed by atoms with Gasteiger partial charge in [0.1, 0.15) is 18.3 Å². The molecular formula is C4H8O5S. The summed E-state index contributed by atoms with van der Waals surface area (Å²) in [6.45, 7) is 3.09. The second kappa shape index (κ2) is 5.07. The number of Topliss-reactive ketones (excluding diaryl/α,β-unsaturated/α-hetero) is 1. The summed E-state index contributed by atoms with van der Waals surface area (Å²) >= 11 is 0. The first-order valence-electron chi connectivity index (χ1n) is 2.15. The Morgan fingerprint density at radius 2 is 1.80 bits per heavy atom. The number of carbonyl (C=O) groups excluding carboxylic acids is 2. The van der Waals surface area contributed by atoms with Gasteiger partial charge >= 0.3 is 0 Å². The van der Waals surface area contributed by atoms with Crippen LogP contribution in [0.2, 0.25) is 0 Å². The quantitative estimate of drug-likeness (QED) is 0.549. The van der Waals surface area contributed by atoms with Crippen molar-refractivity contribution in [3.8, 4) is 0 Å². The minimum Gasteiger partial charge on any atom is -0.307 e. The minimum atomic E-state index is -4.07. The van der Waals surface area contributed by atoms with Gasteiger partial charge in [-0.25, -0.2) is 0 Å². The highest BCUT2D eigenvalue weighted by Crippen LogP contribution is 1.80. The number of hydrogen-bond donors (Lipinski definition) is 1. The van der Waals surface area contributed by atoms with Gasteiger partial charge in [-0.3, -0.25) is 9.35 Å². The van der Waals surface area contributed by atoms with Crippen LogP contribution in [0.4, 0.5) is 0 Å². The largest absolute Gasteiger partial charge is 0.307 e. The Hall–Kier alpha value is -0.750. The SMILES string of the molecule is C=O.CC(=O)CS(=O)(=O)O. The van der Waals surface area contributed by atoms with Gasteiger partial charge in [-0.2, -0.15) is 8.42 Å². The van der Waals surface area contributed by atoms with E-state index < -0.39 is 21.7 Å². The summed E-state index contributed by atoms with van der Waals surface area (Å²) in [6, 6.07) is 0. The molecule has 0 heterocycles. The fraction of sp³-hybridized carbons (Fsp3) is 0.500. The topological polar surface area (TPSA) is 88.5 Å². The molecule has 0 spiro atoms. The van der Waals surface area contributed by atoms with Crippen molar-refractivity contribution in [2.45, 2.75) is 6.92 Å². The van der Waals surface area contributed by atoms with Crippen molar-refractivity contribution >= 4 is 22.7 Å². The molecule has 0 aromatic heterocycles. The van der Waals surface area contributed by atoms with E-state index in [4.69, 9.17) is 9.35 Å². The third-order valence-corrected chi connectivity index (χ3v) is 1.16. The Morgan fingerprint density at radius 3 is 1.80 bits per heavy atom. The number of carbonyl (C=O) groups is 2. The van der Waals surface area contributed by atoms with E-state index in [0.29, 0.717) is 0 Å². The molecule has 0 rings (SSSR count). The van der Waals surface area contributed by atoms with Gasteiger partial charge in [-0.05, 0) is 6.92 Å². The molecule has 0 aliphatic rings. The summed E-state index contributed by atoms with van der Waals surface area (Å²) in [5, 5.41) is 0. The maximum Gasteiger partial charge on any atom is 0.272 e. The Morgan fingerprint density at radius 1 is 1.50 bits per heavy atom. The van der Waals surface area contributed by atoms with Crippen LogP contribution in [-0.2, 0) is 19.7 Å². The summed E-state index contributed by atoms with van der Waals surface area (Å²) in [7, 11) is -4.07. The van der Waals surface area contributed by atoms with Crippen LogP contribution >= 0.6 is 0 Å². The number of rotatable bonds is 2. The van der Waals surface area contributed by atoms with Gasteiger partial charge in [0.2, 0.25) is 0 Å². The van der Waals surface area contributed by atoms with Crippen LogP contribution in [0.25, 0.3) is 0 Å². The van der Waals surface area contributed by atoms with Crippen LogP contribution in [0, 0.1) is 0 Å². The molecule has 10 heavy (non-hydrogen) atoms. The van der Waals surface area contributed by atoms with Crippen molar-refractivity contribution in [2.75, 3.05) is 5.75 Å². The van der Waals surface area contributed by atoms with Gasteiger partial charge in [0.15, 0.2) is 0 Å². The lowest BCUT2D eigenvalue weighted by atomic mass is 10.5. The zero-order valence-electron chi connectivity index (χ0n) is 5.40. The van der Waals surface area contributed by atoms with Gasteiger partial charge in [-0.15, -0.1) is 0 Å². The van der Waals surface area contributed by atoms with Crippen LogP contribution < -0.4 is 0 Å². The molecule has 0 saturated carbocycles. The van der Waals surface area contributed by atoms with E-state index >= 15 is 0 Å². The van der Waals surface area contributed by atoms with E-state index in [1.807, 2.05) is 6.79 Å². The first-order chi connectivity index (χ1) is 4.42. The molecule has 0 aromatic carbocycles. The van der Waals surface area contributed by atoms with E-state index in [1.54, 1.807) is 0 Å². The predicted octanol–water partition coefficient (Wildman–Crippen LogP) is -0.722. The summed E-state index contributed by atoms with van der Waals surface area (Å²) < 4.78 is 27.5. The van der Waals surface area contributed by atoms with Crippen LogP contribution in [0.3, 0.4) is 0 Å². The van der Waals surface area contributed by atoms with Crippen LogP contribution in [0.5, 0.6) is 0 Å². The number of ketones is 1. The molecule has 0 aliphatic carbocycles. The first kappa shape index (κ1) is 12.0.